The maximum Gasteiger partial charge on any atom is 0.0607 e. The third-order valence-electron chi connectivity index (χ3n) is 1.54. The maximum atomic E-state index is 5.91. The fraction of sp³-hybridized carbons (Fsp3) is 0.222. The third kappa shape index (κ3) is 2.29. The molecule has 65 valence electrons. The van der Waals surface area contributed by atoms with Crippen molar-refractivity contribution in [3.63, 3.8) is 0 Å². The Morgan fingerprint density at radius 1 is 1.00 bits per heavy atom. The Morgan fingerprint density at radius 3 is 2.17 bits per heavy atom. The Balaban J connectivity index is 3.05. The second kappa shape index (κ2) is 4.36. The molecule has 12 heavy (non-hydrogen) atoms. The van der Waals surface area contributed by atoms with E-state index in [0.29, 0.717) is 15.1 Å². The molecule has 0 atom stereocenters. The molecule has 0 spiro atoms. The molecule has 0 saturated heterocycles. The smallest absolute Gasteiger partial charge is 0.0607 e. The quantitative estimate of drug-likeness (QED) is 0.650. The Bertz CT molecular complexity index is 281. The van der Waals surface area contributed by atoms with Gasteiger partial charge in [0.25, 0.3) is 0 Å². The summed E-state index contributed by atoms with van der Waals surface area (Å²) in [5.74, 6) is 0. The van der Waals surface area contributed by atoms with Crippen LogP contribution >= 0.6 is 34.8 Å². The van der Waals surface area contributed by atoms with Crippen LogP contribution in [0.4, 0.5) is 0 Å². The van der Waals surface area contributed by atoms with Crippen molar-refractivity contribution in [3.05, 3.63) is 39.7 Å². The minimum absolute atomic E-state index is 0.495. The van der Waals surface area contributed by atoms with Crippen LogP contribution in [0.3, 0.4) is 0 Å². The lowest BCUT2D eigenvalue weighted by atomic mass is 10.1. The van der Waals surface area contributed by atoms with E-state index < -0.39 is 0 Å². The minimum atomic E-state index is 0.495. The van der Waals surface area contributed by atoms with Crippen molar-refractivity contribution in [2.45, 2.75) is 12.8 Å². The molecule has 0 nitrogen and oxygen atoms in total. The molecule has 0 fully saturated rings. The molecule has 0 heterocycles. The van der Waals surface area contributed by atoms with Crippen LogP contribution in [0, 0.1) is 6.92 Å². The number of benzene rings is 1. The lowest BCUT2D eigenvalue weighted by molar-refractivity contribution is 1.000. The van der Waals surface area contributed by atoms with E-state index >= 15 is 0 Å². The highest BCUT2D eigenvalue weighted by atomic mass is 35.5. The Labute approximate surface area is 87.4 Å². The fourth-order valence-corrected chi connectivity index (χ4v) is 1.61. The van der Waals surface area contributed by atoms with Crippen molar-refractivity contribution in [1.29, 1.82) is 0 Å². The molecule has 0 aromatic heterocycles. The van der Waals surface area contributed by atoms with E-state index in [1.165, 1.54) is 0 Å². The van der Waals surface area contributed by atoms with Crippen molar-refractivity contribution in [2.75, 3.05) is 0 Å². The predicted molar refractivity (Wildman–Crippen MR) is 55.2 cm³/mol. The molecular formula is C9H8Cl3. The average Bonchev–Trinajstić information content (AvgIpc) is 2.01. The highest BCUT2D eigenvalue weighted by Crippen LogP contribution is 2.29. The van der Waals surface area contributed by atoms with Crippen LogP contribution < -0.4 is 0 Å². The number of hydrogen-bond acceptors (Lipinski definition) is 0. The standard InChI is InChI=1S/C9H8Cl3/c1-2-3-6-4-8(11)9(12)5-7(6)10/h4-5H,1-3H2. The summed E-state index contributed by atoms with van der Waals surface area (Å²) in [5.41, 5.74) is 1.00. The number of aryl methyl sites for hydroxylation is 1. The largest absolute Gasteiger partial charge is 0.0840 e. The van der Waals surface area contributed by atoms with Crippen LogP contribution in [0.1, 0.15) is 12.0 Å². The van der Waals surface area contributed by atoms with Gasteiger partial charge < -0.3 is 0 Å². The first-order valence-corrected chi connectivity index (χ1v) is 4.71. The van der Waals surface area contributed by atoms with Gasteiger partial charge in [-0.15, -0.1) is 0 Å². The molecular weight excluding hydrogens is 214 g/mol. The van der Waals surface area contributed by atoms with Crippen LogP contribution in [0.15, 0.2) is 12.1 Å². The number of rotatable bonds is 2. The molecule has 0 saturated carbocycles. The normalized spacial score (nSPS) is 10.3. The van der Waals surface area contributed by atoms with E-state index in [4.69, 9.17) is 34.8 Å². The Morgan fingerprint density at radius 2 is 1.58 bits per heavy atom. The first-order chi connectivity index (χ1) is 5.65. The maximum absolute atomic E-state index is 5.91. The monoisotopic (exact) mass is 221 g/mol. The highest BCUT2D eigenvalue weighted by molar-refractivity contribution is 6.43. The summed E-state index contributed by atoms with van der Waals surface area (Å²) < 4.78 is 0. The van der Waals surface area contributed by atoms with E-state index in [2.05, 4.69) is 6.92 Å². The van der Waals surface area contributed by atoms with Crippen molar-refractivity contribution in [2.24, 2.45) is 0 Å². The van der Waals surface area contributed by atoms with E-state index in [9.17, 15) is 0 Å². The fourth-order valence-electron chi connectivity index (χ4n) is 0.946. The first kappa shape index (κ1) is 10.2. The van der Waals surface area contributed by atoms with Crippen molar-refractivity contribution in [1.82, 2.24) is 0 Å². The topological polar surface area (TPSA) is 0 Å². The zero-order valence-electron chi connectivity index (χ0n) is 6.41. The van der Waals surface area contributed by atoms with Crippen LogP contribution in [0.2, 0.25) is 15.1 Å². The molecule has 0 amide bonds. The van der Waals surface area contributed by atoms with Gasteiger partial charge in [0.15, 0.2) is 0 Å². The molecule has 1 aromatic carbocycles. The molecule has 1 rings (SSSR count). The second-order valence-corrected chi connectivity index (χ2v) is 3.68. The molecule has 0 aliphatic rings. The zero-order chi connectivity index (χ0) is 9.14. The minimum Gasteiger partial charge on any atom is -0.0840 e. The van der Waals surface area contributed by atoms with Gasteiger partial charge in [0, 0.05) is 5.02 Å². The molecule has 0 aliphatic carbocycles. The van der Waals surface area contributed by atoms with Gasteiger partial charge in [-0.05, 0) is 30.5 Å². The predicted octanol–water partition coefficient (Wildman–Crippen LogP) is 4.41. The van der Waals surface area contributed by atoms with Crippen LogP contribution in [-0.2, 0) is 6.42 Å². The Hall–Kier alpha value is 0.0900. The van der Waals surface area contributed by atoms with Gasteiger partial charge in [-0.1, -0.05) is 41.7 Å². The SMILES string of the molecule is [CH2]CCc1cc(Cl)c(Cl)cc1Cl. The lowest BCUT2D eigenvalue weighted by Gasteiger charge is -2.04. The van der Waals surface area contributed by atoms with E-state index in [1.54, 1.807) is 12.1 Å². The number of hydrogen-bond donors (Lipinski definition) is 0. The first-order valence-electron chi connectivity index (χ1n) is 3.58. The van der Waals surface area contributed by atoms with Gasteiger partial charge >= 0.3 is 0 Å². The van der Waals surface area contributed by atoms with Crippen LogP contribution in [0.5, 0.6) is 0 Å². The Kier molecular flexibility index (Phi) is 3.70. The summed E-state index contributed by atoms with van der Waals surface area (Å²) in [7, 11) is 0. The molecule has 0 bridgehead atoms. The van der Waals surface area contributed by atoms with Crippen LogP contribution in [0.25, 0.3) is 0 Å². The van der Waals surface area contributed by atoms with Crippen molar-refractivity contribution < 1.29 is 0 Å². The highest BCUT2D eigenvalue weighted by Gasteiger charge is 2.04. The summed E-state index contributed by atoms with van der Waals surface area (Å²) in [6.07, 6.45) is 1.63. The third-order valence-corrected chi connectivity index (χ3v) is 2.61. The van der Waals surface area contributed by atoms with E-state index in [-0.39, 0.29) is 0 Å². The molecule has 1 radical (unpaired) electrons. The number of halogens is 3. The summed E-state index contributed by atoms with van der Waals surface area (Å²) in [6, 6.07) is 3.45. The summed E-state index contributed by atoms with van der Waals surface area (Å²) >= 11 is 17.5. The molecule has 1 aromatic rings. The summed E-state index contributed by atoms with van der Waals surface area (Å²) in [5, 5.41) is 1.70. The van der Waals surface area contributed by atoms with Gasteiger partial charge in [-0.3, -0.25) is 0 Å². The zero-order valence-corrected chi connectivity index (χ0v) is 8.68. The van der Waals surface area contributed by atoms with E-state index in [1.807, 2.05) is 0 Å². The summed E-state index contributed by atoms with van der Waals surface area (Å²) in [6.45, 7) is 3.74. The van der Waals surface area contributed by atoms with Gasteiger partial charge in [0.2, 0.25) is 0 Å². The van der Waals surface area contributed by atoms with Crippen molar-refractivity contribution >= 4 is 34.8 Å². The van der Waals surface area contributed by atoms with Gasteiger partial charge in [-0.2, -0.15) is 0 Å². The lowest BCUT2D eigenvalue weighted by Crippen LogP contribution is -1.85. The summed E-state index contributed by atoms with van der Waals surface area (Å²) in [4.78, 5) is 0. The van der Waals surface area contributed by atoms with Gasteiger partial charge in [-0.25, -0.2) is 0 Å². The van der Waals surface area contributed by atoms with Crippen molar-refractivity contribution in [3.8, 4) is 0 Å². The van der Waals surface area contributed by atoms with Gasteiger partial charge in [0.1, 0.15) is 0 Å². The molecule has 3 heteroatoms. The molecule has 0 unspecified atom stereocenters. The molecule has 0 N–H and O–H groups in total. The second-order valence-electron chi connectivity index (χ2n) is 2.46. The van der Waals surface area contributed by atoms with Crippen LogP contribution in [-0.4, -0.2) is 0 Å². The average molecular weight is 223 g/mol. The molecule has 0 aliphatic heterocycles. The van der Waals surface area contributed by atoms with Gasteiger partial charge in [0.05, 0.1) is 10.0 Å². The van der Waals surface area contributed by atoms with E-state index in [0.717, 1.165) is 18.4 Å².